The van der Waals surface area contributed by atoms with Crippen molar-refractivity contribution >= 4 is 11.3 Å². The molecule has 0 bridgehead atoms. The molecule has 1 heterocycles. The highest BCUT2D eigenvalue weighted by molar-refractivity contribution is 7.09. The van der Waals surface area contributed by atoms with Crippen molar-refractivity contribution in [2.75, 3.05) is 20.1 Å². The second-order valence-electron chi connectivity index (χ2n) is 4.24. The fraction of sp³-hybridized carbons (Fsp3) is 0.692. The highest BCUT2D eigenvalue weighted by Crippen LogP contribution is 2.15. The second kappa shape index (κ2) is 7.82. The number of nitrogens with zero attached hydrogens (tertiary/aromatic N) is 1. The van der Waals surface area contributed by atoms with Crippen molar-refractivity contribution in [3.05, 3.63) is 22.4 Å². The van der Waals surface area contributed by atoms with E-state index in [4.69, 9.17) is 0 Å². The Bertz CT molecular complexity index is 259. The third kappa shape index (κ3) is 4.64. The summed E-state index contributed by atoms with van der Waals surface area (Å²) in [5, 5.41) is 5.37. The van der Waals surface area contributed by atoms with Crippen LogP contribution in [-0.2, 0) is 6.54 Å². The summed E-state index contributed by atoms with van der Waals surface area (Å²) in [6.07, 6.45) is 2.54. The topological polar surface area (TPSA) is 15.3 Å². The molecule has 1 aromatic rings. The summed E-state index contributed by atoms with van der Waals surface area (Å²) >= 11 is 1.86. The monoisotopic (exact) mass is 240 g/mol. The average molecular weight is 240 g/mol. The van der Waals surface area contributed by atoms with Crippen molar-refractivity contribution in [1.82, 2.24) is 10.2 Å². The summed E-state index contributed by atoms with van der Waals surface area (Å²) in [6, 6.07) is 5.05. The van der Waals surface area contributed by atoms with Gasteiger partial charge in [-0.3, -0.25) is 4.90 Å². The predicted molar refractivity (Wildman–Crippen MR) is 73.0 cm³/mol. The fourth-order valence-corrected chi connectivity index (χ4v) is 2.67. The predicted octanol–water partition coefficient (Wildman–Crippen LogP) is 2.96. The van der Waals surface area contributed by atoms with Gasteiger partial charge in [0, 0.05) is 17.5 Å². The van der Waals surface area contributed by atoms with E-state index in [1.807, 2.05) is 18.4 Å². The molecule has 2 nitrogen and oxygen atoms in total. The van der Waals surface area contributed by atoms with Crippen molar-refractivity contribution in [2.45, 2.75) is 39.3 Å². The molecule has 1 aromatic heterocycles. The highest BCUT2D eigenvalue weighted by atomic mass is 32.1. The smallest absolute Gasteiger partial charge is 0.0330 e. The summed E-state index contributed by atoms with van der Waals surface area (Å²) in [4.78, 5) is 4.03. The maximum Gasteiger partial charge on any atom is 0.0330 e. The molecule has 0 aliphatic heterocycles. The maximum atomic E-state index is 3.21. The first-order valence-corrected chi connectivity index (χ1v) is 7.07. The quantitative estimate of drug-likeness (QED) is 0.703. The lowest BCUT2D eigenvalue weighted by Gasteiger charge is -2.27. The van der Waals surface area contributed by atoms with Crippen LogP contribution in [0, 0.1) is 0 Å². The van der Waals surface area contributed by atoms with Gasteiger partial charge in [-0.15, -0.1) is 11.3 Å². The summed E-state index contributed by atoms with van der Waals surface area (Å²) in [6.45, 7) is 7.96. The van der Waals surface area contributed by atoms with Crippen LogP contribution in [0.2, 0.25) is 0 Å². The van der Waals surface area contributed by atoms with E-state index in [2.05, 4.69) is 41.6 Å². The Morgan fingerprint density at radius 3 is 2.88 bits per heavy atom. The Morgan fingerprint density at radius 2 is 2.31 bits per heavy atom. The van der Waals surface area contributed by atoms with E-state index < -0.39 is 0 Å². The standard InChI is InChI=1S/C13H24N2S/c1-4-15(11-13-8-6-10-16-13)12(2)7-5-9-14-3/h6,8,10,12,14H,4-5,7,9,11H2,1-3H3. The second-order valence-corrected chi connectivity index (χ2v) is 5.27. The Labute approximate surface area is 104 Å². The van der Waals surface area contributed by atoms with Crippen molar-refractivity contribution in [2.24, 2.45) is 0 Å². The van der Waals surface area contributed by atoms with E-state index >= 15 is 0 Å². The molecular formula is C13H24N2S. The lowest BCUT2D eigenvalue weighted by atomic mass is 10.1. The zero-order valence-corrected chi connectivity index (χ0v) is 11.5. The van der Waals surface area contributed by atoms with Crippen LogP contribution in [0.5, 0.6) is 0 Å². The molecule has 16 heavy (non-hydrogen) atoms. The van der Waals surface area contributed by atoms with Crippen LogP contribution in [0.25, 0.3) is 0 Å². The largest absolute Gasteiger partial charge is 0.320 e. The van der Waals surface area contributed by atoms with Crippen LogP contribution in [0.3, 0.4) is 0 Å². The SMILES string of the molecule is CCN(Cc1cccs1)C(C)CCCNC. The molecule has 0 saturated carbocycles. The van der Waals surface area contributed by atoms with Crippen LogP contribution in [-0.4, -0.2) is 31.1 Å². The van der Waals surface area contributed by atoms with E-state index in [9.17, 15) is 0 Å². The van der Waals surface area contributed by atoms with E-state index in [1.165, 1.54) is 17.7 Å². The Morgan fingerprint density at radius 1 is 1.50 bits per heavy atom. The van der Waals surface area contributed by atoms with Gasteiger partial charge in [0.1, 0.15) is 0 Å². The number of hydrogen-bond donors (Lipinski definition) is 1. The van der Waals surface area contributed by atoms with E-state index in [1.54, 1.807) is 0 Å². The molecular weight excluding hydrogens is 216 g/mol. The van der Waals surface area contributed by atoms with Crippen LogP contribution < -0.4 is 5.32 Å². The van der Waals surface area contributed by atoms with Crippen molar-refractivity contribution in [3.8, 4) is 0 Å². The van der Waals surface area contributed by atoms with Gasteiger partial charge in [0.15, 0.2) is 0 Å². The normalized spacial score (nSPS) is 13.2. The van der Waals surface area contributed by atoms with Gasteiger partial charge in [-0.2, -0.15) is 0 Å². The lowest BCUT2D eigenvalue weighted by Crippen LogP contribution is -2.32. The number of hydrogen-bond acceptors (Lipinski definition) is 3. The Balaban J connectivity index is 2.34. The lowest BCUT2D eigenvalue weighted by molar-refractivity contribution is 0.200. The zero-order valence-electron chi connectivity index (χ0n) is 10.7. The highest BCUT2D eigenvalue weighted by Gasteiger charge is 2.12. The molecule has 1 unspecified atom stereocenters. The molecule has 0 amide bonds. The Hall–Kier alpha value is -0.380. The fourth-order valence-electron chi connectivity index (χ4n) is 1.94. The molecule has 0 fully saturated rings. The van der Waals surface area contributed by atoms with Crippen molar-refractivity contribution in [3.63, 3.8) is 0 Å². The molecule has 0 aliphatic rings. The first kappa shape index (κ1) is 13.7. The molecule has 3 heteroatoms. The average Bonchev–Trinajstić information content (AvgIpc) is 2.78. The van der Waals surface area contributed by atoms with Gasteiger partial charge in [0.2, 0.25) is 0 Å². The van der Waals surface area contributed by atoms with Gasteiger partial charge >= 0.3 is 0 Å². The van der Waals surface area contributed by atoms with Crippen LogP contribution >= 0.6 is 11.3 Å². The minimum atomic E-state index is 0.681. The Kier molecular flexibility index (Phi) is 6.69. The molecule has 92 valence electrons. The van der Waals surface area contributed by atoms with E-state index in [0.717, 1.165) is 19.6 Å². The maximum absolute atomic E-state index is 3.21. The third-order valence-corrected chi connectivity index (χ3v) is 3.88. The van der Waals surface area contributed by atoms with Gasteiger partial charge in [0.05, 0.1) is 0 Å². The summed E-state index contributed by atoms with van der Waals surface area (Å²) in [7, 11) is 2.02. The number of thiophene rings is 1. The number of rotatable bonds is 8. The van der Waals surface area contributed by atoms with Gasteiger partial charge in [0.25, 0.3) is 0 Å². The minimum absolute atomic E-state index is 0.681. The van der Waals surface area contributed by atoms with Crippen LogP contribution in [0.1, 0.15) is 31.6 Å². The van der Waals surface area contributed by atoms with Gasteiger partial charge in [-0.25, -0.2) is 0 Å². The zero-order chi connectivity index (χ0) is 11.8. The van der Waals surface area contributed by atoms with Gasteiger partial charge < -0.3 is 5.32 Å². The third-order valence-electron chi connectivity index (χ3n) is 3.02. The van der Waals surface area contributed by atoms with Crippen LogP contribution in [0.4, 0.5) is 0 Å². The molecule has 0 radical (unpaired) electrons. The number of nitrogens with one attached hydrogen (secondary N) is 1. The molecule has 1 N–H and O–H groups in total. The first-order chi connectivity index (χ1) is 7.77. The molecule has 1 rings (SSSR count). The molecule has 0 spiro atoms. The summed E-state index contributed by atoms with van der Waals surface area (Å²) in [5.41, 5.74) is 0. The molecule has 0 aromatic carbocycles. The molecule has 0 aliphatic carbocycles. The van der Waals surface area contributed by atoms with Crippen molar-refractivity contribution in [1.29, 1.82) is 0 Å². The summed E-state index contributed by atoms with van der Waals surface area (Å²) < 4.78 is 0. The van der Waals surface area contributed by atoms with Crippen molar-refractivity contribution < 1.29 is 0 Å². The van der Waals surface area contributed by atoms with Crippen LogP contribution in [0.15, 0.2) is 17.5 Å². The van der Waals surface area contributed by atoms with E-state index in [0.29, 0.717) is 6.04 Å². The van der Waals surface area contributed by atoms with E-state index in [-0.39, 0.29) is 0 Å². The van der Waals surface area contributed by atoms with Gasteiger partial charge in [-0.05, 0) is 51.3 Å². The first-order valence-electron chi connectivity index (χ1n) is 6.19. The minimum Gasteiger partial charge on any atom is -0.320 e. The molecule has 1 atom stereocenters. The van der Waals surface area contributed by atoms with Gasteiger partial charge in [-0.1, -0.05) is 13.0 Å². The molecule has 0 saturated heterocycles. The summed E-state index contributed by atoms with van der Waals surface area (Å²) in [5.74, 6) is 0.